The number of carbonyl (C=O) groups excluding carboxylic acids is 1. The van der Waals surface area contributed by atoms with Crippen molar-refractivity contribution in [3.63, 3.8) is 0 Å². The molecule has 25 heavy (non-hydrogen) atoms. The highest BCUT2D eigenvalue weighted by Crippen LogP contribution is 2.24. The molecule has 0 aliphatic heterocycles. The van der Waals surface area contributed by atoms with Crippen molar-refractivity contribution in [2.24, 2.45) is 10.8 Å². The van der Waals surface area contributed by atoms with Crippen LogP contribution in [-0.2, 0) is 14.4 Å². The molecule has 0 atom stereocenters. The summed E-state index contributed by atoms with van der Waals surface area (Å²) in [5.41, 5.74) is -1.38. The van der Waals surface area contributed by atoms with Crippen molar-refractivity contribution in [1.82, 2.24) is 5.32 Å². The topological polar surface area (TPSA) is 104 Å². The minimum atomic E-state index is -0.781. The first-order chi connectivity index (χ1) is 11.5. The standard InChI is InChI=1S/C19H35NO5/c1-18(2,16(22)23)12-8-5-7-11-15(21)20-14-10-6-9-13-19(3,4)17(24)25/h5-14H2,1-4H3,(H,20,21)(H,22,23)(H,24,25). The summed E-state index contributed by atoms with van der Waals surface area (Å²) in [7, 11) is 0. The maximum absolute atomic E-state index is 11.7. The van der Waals surface area contributed by atoms with Gasteiger partial charge in [-0.25, -0.2) is 0 Å². The van der Waals surface area contributed by atoms with E-state index in [-0.39, 0.29) is 5.91 Å². The first kappa shape index (κ1) is 23.4. The van der Waals surface area contributed by atoms with Gasteiger partial charge in [0.25, 0.3) is 0 Å². The van der Waals surface area contributed by atoms with Crippen LogP contribution in [0, 0.1) is 10.8 Å². The summed E-state index contributed by atoms with van der Waals surface area (Å²) >= 11 is 0. The van der Waals surface area contributed by atoms with Crippen molar-refractivity contribution < 1.29 is 24.6 Å². The number of carboxylic acids is 2. The Hall–Kier alpha value is -1.59. The van der Waals surface area contributed by atoms with E-state index in [9.17, 15) is 14.4 Å². The van der Waals surface area contributed by atoms with E-state index in [1.807, 2.05) is 0 Å². The van der Waals surface area contributed by atoms with Crippen LogP contribution in [0.15, 0.2) is 0 Å². The molecule has 0 saturated heterocycles. The largest absolute Gasteiger partial charge is 0.481 e. The fraction of sp³-hybridized carbons (Fsp3) is 0.842. The normalized spacial score (nSPS) is 12.0. The second-order valence-corrected chi connectivity index (χ2v) is 8.10. The van der Waals surface area contributed by atoms with Gasteiger partial charge in [0.2, 0.25) is 5.91 Å². The zero-order valence-electron chi connectivity index (χ0n) is 16.2. The molecule has 0 rings (SSSR count). The lowest BCUT2D eigenvalue weighted by molar-refractivity contribution is -0.148. The highest BCUT2D eigenvalue weighted by Gasteiger charge is 2.26. The van der Waals surface area contributed by atoms with Crippen molar-refractivity contribution in [3.8, 4) is 0 Å². The molecule has 0 saturated carbocycles. The lowest BCUT2D eigenvalue weighted by atomic mass is 9.87. The zero-order valence-corrected chi connectivity index (χ0v) is 16.2. The Morgan fingerprint density at radius 3 is 1.60 bits per heavy atom. The first-order valence-electron chi connectivity index (χ1n) is 9.22. The van der Waals surface area contributed by atoms with Crippen LogP contribution in [-0.4, -0.2) is 34.6 Å². The number of unbranched alkanes of at least 4 members (excludes halogenated alkanes) is 4. The number of hydrogen-bond acceptors (Lipinski definition) is 3. The third-order valence-electron chi connectivity index (χ3n) is 4.66. The van der Waals surface area contributed by atoms with Crippen LogP contribution in [0.3, 0.4) is 0 Å². The summed E-state index contributed by atoms with van der Waals surface area (Å²) in [5.74, 6) is -1.52. The molecular weight excluding hydrogens is 322 g/mol. The van der Waals surface area contributed by atoms with Crippen LogP contribution < -0.4 is 5.32 Å². The number of rotatable bonds is 14. The minimum absolute atomic E-state index is 0.0309. The first-order valence-corrected chi connectivity index (χ1v) is 9.22. The van der Waals surface area contributed by atoms with E-state index in [1.54, 1.807) is 27.7 Å². The van der Waals surface area contributed by atoms with E-state index in [0.29, 0.717) is 25.8 Å². The number of carboxylic acid groups (broad SMARTS) is 2. The molecule has 3 N–H and O–H groups in total. The zero-order chi connectivity index (χ0) is 19.5. The lowest BCUT2D eigenvalue weighted by Crippen LogP contribution is -2.25. The molecule has 146 valence electrons. The van der Waals surface area contributed by atoms with Crippen LogP contribution in [0.4, 0.5) is 0 Å². The van der Waals surface area contributed by atoms with E-state index in [4.69, 9.17) is 10.2 Å². The van der Waals surface area contributed by atoms with Gasteiger partial charge in [-0.3, -0.25) is 14.4 Å². The molecule has 6 nitrogen and oxygen atoms in total. The Balaban J connectivity index is 3.60. The third-order valence-corrected chi connectivity index (χ3v) is 4.66. The van der Waals surface area contributed by atoms with Crippen LogP contribution >= 0.6 is 0 Å². The monoisotopic (exact) mass is 357 g/mol. The summed E-state index contributed by atoms with van der Waals surface area (Å²) in [6, 6.07) is 0. The molecular formula is C19H35NO5. The second-order valence-electron chi connectivity index (χ2n) is 8.10. The minimum Gasteiger partial charge on any atom is -0.481 e. The summed E-state index contributed by atoms with van der Waals surface area (Å²) in [5, 5.41) is 20.9. The van der Waals surface area contributed by atoms with E-state index >= 15 is 0 Å². The molecule has 0 fully saturated rings. The van der Waals surface area contributed by atoms with Crippen molar-refractivity contribution in [1.29, 1.82) is 0 Å². The predicted octanol–water partition coefficient (Wildman–Crippen LogP) is 3.84. The van der Waals surface area contributed by atoms with Gasteiger partial charge in [-0.1, -0.05) is 25.7 Å². The molecule has 0 spiro atoms. The van der Waals surface area contributed by atoms with E-state index < -0.39 is 22.8 Å². The summed E-state index contributed by atoms with van der Waals surface area (Å²) in [6.07, 6.45) is 6.78. The molecule has 0 aliphatic rings. The Morgan fingerprint density at radius 2 is 1.16 bits per heavy atom. The fourth-order valence-electron chi connectivity index (χ4n) is 2.43. The van der Waals surface area contributed by atoms with Crippen LogP contribution in [0.5, 0.6) is 0 Å². The Labute approximate surface area is 151 Å². The second kappa shape index (κ2) is 11.1. The van der Waals surface area contributed by atoms with Crippen molar-refractivity contribution in [2.45, 2.75) is 85.5 Å². The maximum atomic E-state index is 11.7. The highest BCUT2D eigenvalue weighted by atomic mass is 16.4. The summed E-state index contributed by atoms with van der Waals surface area (Å²) < 4.78 is 0. The SMILES string of the molecule is CC(C)(CCCCCNC(=O)CCCCCC(C)(C)C(=O)O)C(=O)O. The quantitative estimate of drug-likeness (QED) is 0.410. The molecule has 0 aromatic rings. The van der Waals surface area contributed by atoms with Crippen LogP contribution in [0.1, 0.15) is 85.5 Å². The average Bonchev–Trinajstić information content (AvgIpc) is 2.49. The number of nitrogens with one attached hydrogen (secondary N) is 1. The van der Waals surface area contributed by atoms with E-state index in [2.05, 4.69) is 5.32 Å². The highest BCUT2D eigenvalue weighted by molar-refractivity contribution is 5.75. The molecule has 6 heteroatoms. The molecule has 1 amide bonds. The van der Waals surface area contributed by atoms with Gasteiger partial charge in [-0.05, 0) is 53.4 Å². The number of amides is 1. The molecule has 0 aliphatic carbocycles. The van der Waals surface area contributed by atoms with Crippen LogP contribution in [0.25, 0.3) is 0 Å². The van der Waals surface area contributed by atoms with Gasteiger partial charge in [0.05, 0.1) is 10.8 Å². The third kappa shape index (κ3) is 10.8. The van der Waals surface area contributed by atoms with E-state index in [0.717, 1.165) is 38.5 Å². The van der Waals surface area contributed by atoms with Crippen molar-refractivity contribution in [2.75, 3.05) is 6.54 Å². The summed E-state index contributed by atoms with van der Waals surface area (Å²) in [6.45, 7) is 7.53. The molecule has 0 radical (unpaired) electrons. The van der Waals surface area contributed by atoms with Crippen molar-refractivity contribution in [3.05, 3.63) is 0 Å². The van der Waals surface area contributed by atoms with Gasteiger partial charge in [-0.15, -0.1) is 0 Å². The Bertz CT molecular complexity index is 443. The molecule has 0 aromatic heterocycles. The Kier molecular flexibility index (Phi) is 10.4. The van der Waals surface area contributed by atoms with Gasteiger partial charge in [-0.2, -0.15) is 0 Å². The molecule has 0 unspecified atom stereocenters. The number of hydrogen-bond donors (Lipinski definition) is 3. The lowest BCUT2D eigenvalue weighted by Gasteiger charge is -2.18. The predicted molar refractivity (Wildman–Crippen MR) is 97.4 cm³/mol. The molecule has 0 heterocycles. The van der Waals surface area contributed by atoms with Gasteiger partial charge in [0.1, 0.15) is 0 Å². The fourth-order valence-corrected chi connectivity index (χ4v) is 2.43. The molecule has 0 bridgehead atoms. The van der Waals surface area contributed by atoms with Gasteiger partial charge < -0.3 is 15.5 Å². The maximum Gasteiger partial charge on any atom is 0.309 e. The van der Waals surface area contributed by atoms with Gasteiger partial charge >= 0.3 is 11.9 Å². The van der Waals surface area contributed by atoms with Crippen molar-refractivity contribution >= 4 is 17.8 Å². The van der Waals surface area contributed by atoms with Gasteiger partial charge in [0, 0.05) is 13.0 Å². The average molecular weight is 357 g/mol. The number of carbonyl (C=O) groups is 3. The van der Waals surface area contributed by atoms with Gasteiger partial charge in [0.15, 0.2) is 0 Å². The van der Waals surface area contributed by atoms with Crippen LogP contribution in [0.2, 0.25) is 0 Å². The summed E-state index contributed by atoms with van der Waals surface area (Å²) in [4.78, 5) is 33.7. The smallest absolute Gasteiger partial charge is 0.309 e. The Morgan fingerprint density at radius 1 is 0.720 bits per heavy atom. The molecule has 0 aromatic carbocycles. The van der Waals surface area contributed by atoms with E-state index in [1.165, 1.54) is 0 Å². The number of aliphatic carboxylic acids is 2.